The van der Waals surface area contributed by atoms with Gasteiger partial charge < -0.3 is 0 Å². The second-order valence-corrected chi connectivity index (χ2v) is 5.78. The van der Waals surface area contributed by atoms with Crippen molar-refractivity contribution >= 4 is 87.4 Å². The predicted octanol–water partition coefficient (Wildman–Crippen LogP) is 4.49. The quantitative estimate of drug-likeness (QED) is 0.333. The SMILES string of the molecule is Ic1ccc(I)cc1.Sc1ccccc1.[Na]. The van der Waals surface area contributed by atoms with Crippen molar-refractivity contribution in [2.45, 2.75) is 4.90 Å². The van der Waals surface area contributed by atoms with Crippen LogP contribution in [0.4, 0.5) is 0 Å². The minimum atomic E-state index is 0. The Bertz CT molecular complexity index is 369. The second kappa shape index (κ2) is 10.2. The van der Waals surface area contributed by atoms with Gasteiger partial charge in [0.15, 0.2) is 0 Å². The van der Waals surface area contributed by atoms with Crippen molar-refractivity contribution in [3.63, 3.8) is 0 Å². The van der Waals surface area contributed by atoms with Gasteiger partial charge in [0.2, 0.25) is 0 Å². The first kappa shape index (κ1) is 17.2. The summed E-state index contributed by atoms with van der Waals surface area (Å²) < 4.78 is 2.59. The molecule has 0 fully saturated rings. The number of hydrogen-bond donors (Lipinski definition) is 1. The van der Waals surface area contributed by atoms with E-state index >= 15 is 0 Å². The molecule has 0 N–H and O–H groups in total. The number of halogens is 2. The van der Waals surface area contributed by atoms with E-state index in [-0.39, 0.29) is 29.6 Å². The fourth-order valence-electron chi connectivity index (χ4n) is 0.858. The molecular formula is C12H10I2NaS. The standard InChI is InChI=1S/C6H4I2.C6H6S.Na/c7-5-1-2-6(8)4-3-5;7-6-4-2-1-3-5-6;/h1-4H;1-5,7H;. The Kier molecular flexibility index (Phi) is 11.0. The monoisotopic (exact) mass is 463 g/mol. The van der Waals surface area contributed by atoms with Gasteiger partial charge in [0, 0.05) is 41.6 Å². The Balaban J connectivity index is 0.000000267. The molecule has 0 aromatic heterocycles. The van der Waals surface area contributed by atoms with Crippen LogP contribution < -0.4 is 0 Å². The van der Waals surface area contributed by atoms with E-state index in [4.69, 9.17) is 0 Å². The first-order valence-electron chi connectivity index (χ1n) is 4.33. The van der Waals surface area contributed by atoms with Crippen LogP contribution in [0.1, 0.15) is 0 Å². The zero-order valence-corrected chi connectivity index (χ0v) is 16.1. The molecule has 0 unspecified atom stereocenters. The molecule has 4 heteroatoms. The molecule has 2 aromatic rings. The largest absolute Gasteiger partial charge is 0.143 e. The van der Waals surface area contributed by atoms with E-state index in [2.05, 4.69) is 82.1 Å². The van der Waals surface area contributed by atoms with Crippen LogP contribution >= 0.6 is 57.8 Å². The van der Waals surface area contributed by atoms with Gasteiger partial charge in [-0.15, -0.1) is 12.6 Å². The molecule has 79 valence electrons. The minimum absolute atomic E-state index is 0. The van der Waals surface area contributed by atoms with E-state index in [0.29, 0.717) is 0 Å². The Morgan fingerprint density at radius 1 is 0.688 bits per heavy atom. The fraction of sp³-hybridized carbons (Fsp3) is 0. The van der Waals surface area contributed by atoms with Crippen molar-refractivity contribution in [1.82, 2.24) is 0 Å². The summed E-state index contributed by atoms with van der Waals surface area (Å²) in [6.45, 7) is 0. The average Bonchev–Trinajstić information content (AvgIpc) is 2.25. The molecule has 0 amide bonds. The second-order valence-electron chi connectivity index (χ2n) is 2.77. The third-order valence-corrected chi connectivity index (χ3v) is 3.30. The van der Waals surface area contributed by atoms with E-state index in [1.54, 1.807) is 0 Å². The maximum atomic E-state index is 4.08. The van der Waals surface area contributed by atoms with Gasteiger partial charge in [0.25, 0.3) is 0 Å². The molecule has 0 heterocycles. The Hall–Kier alpha value is 1.25. The maximum Gasteiger partial charge on any atom is 0.0131 e. The third kappa shape index (κ3) is 8.36. The van der Waals surface area contributed by atoms with Crippen LogP contribution in [0.15, 0.2) is 59.5 Å². The molecule has 0 aliphatic rings. The Labute approximate surface area is 152 Å². The number of rotatable bonds is 0. The van der Waals surface area contributed by atoms with Crippen LogP contribution in [0.2, 0.25) is 0 Å². The molecule has 16 heavy (non-hydrogen) atoms. The van der Waals surface area contributed by atoms with Gasteiger partial charge in [0.05, 0.1) is 0 Å². The van der Waals surface area contributed by atoms with Crippen molar-refractivity contribution in [1.29, 1.82) is 0 Å². The van der Waals surface area contributed by atoms with Gasteiger partial charge in [-0.05, 0) is 81.6 Å². The summed E-state index contributed by atoms with van der Waals surface area (Å²) in [6, 6.07) is 18.2. The maximum absolute atomic E-state index is 4.08. The van der Waals surface area contributed by atoms with Crippen LogP contribution in [0.25, 0.3) is 0 Å². The molecule has 0 spiro atoms. The summed E-state index contributed by atoms with van der Waals surface area (Å²) in [5.74, 6) is 0. The third-order valence-electron chi connectivity index (χ3n) is 1.56. The van der Waals surface area contributed by atoms with Crippen molar-refractivity contribution in [3.8, 4) is 0 Å². The fourth-order valence-corrected chi connectivity index (χ4v) is 1.75. The predicted molar refractivity (Wildman–Crippen MR) is 91.3 cm³/mol. The molecule has 0 nitrogen and oxygen atoms in total. The first-order chi connectivity index (χ1) is 7.18. The topological polar surface area (TPSA) is 0 Å². The molecule has 0 saturated carbocycles. The van der Waals surface area contributed by atoms with Crippen LogP contribution in [0, 0.1) is 7.14 Å². The summed E-state index contributed by atoms with van der Waals surface area (Å²) in [5.41, 5.74) is 0. The molecule has 0 bridgehead atoms. The minimum Gasteiger partial charge on any atom is -0.143 e. The summed E-state index contributed by atoms with van der Waals surface area (Å²) in [5, 5.41) is 0. The summed E-state index contributed by atoms with van der Waals surface area (Å²) in [7, 11) is 0. The molecule has 0 aliphatic heterocycles. The molecule has 0 atom stereocenters. The van der Waals surface area contributed by atoms with E-state index in [1.807, 2.05) is 30.3 Å². The molecule has 0 aliphatic carbocycles. The van der Waals surface area contributed by atoms with Crippen molar-refractivity contribution in [2.75, 3.05) is 0 Å². The first-order valence-corrected chi connectivity index (χ1v) is 6.94. The molecule has 2 aromatic carbocycles. The zero-order chi connectivity index (χ0) is 11.1. The molecule has 0 saturated heterocycles. The van der Waals surface area contributed by atoms with Crippen molar-refractivity contribution in [3.05, 3.63) is 61.7 Å². The van der Waals surface area contributed by atoms with Crippen LogP contribution in [-0.4, -0.2) is 29.6 Å². The molecular weight excluding hydrogens is 453 g/mol. The molecule has 1 radical (unpaired) electrons. The number of hydrogen-bond acceptors (Lipinski definition) is 1. The van der Waals surface area contributed by atoms with Gasteiger partial charge in [-0.25, -0.2) is 0 Å². The van der Waals surface area contributed by atoms with E-state index in [0.717, 1.165) is 4.90 Å². The van der Waals surface area contributed by atoms with E-state index in [9.17, 15) is 0 Å². The van der Waals surface area contributed by atoms with Crippen molar-refractivity contribution < 1.29 is 0 Å². The smallest absolute Gasteiger partial charge is 0.0131 e. The van der Waals surface area contributed by atoms with E-state index in [1.165, 1.54) is 7.14 Å². The summed E-state index contributed by atoms with van der Waals surface area (Å²) in [4.78, 5) is 1.02. The van der Waals surface area contributed by atoms with Gasteiger partial charge >= 0.3 is 0 Å². The number of benzene rings is 2. The average molecular weight is 463 g/mol. The Morgan fingerprint density at radius 2 is 1.06 bits per heavy atom. The van der Waals surface area contributed by atoms with Crippen LogP contribution in [-0.2, 0) is 0 Å². The van der Waals surface area contributed by atoms with Gasteiger partial charge in [-0.1, -0.05) is 18.2 Å². The molecule has 2 rings (SSSR count). The van der Waals surface area contributed by atoms with E-state index < -0.39 is 0 Å². The normalized spacial score (nSPS) is 8.44. The van der Waals surface area contributed by atoms with Gasteiger partial charge in [-0.2, -0.15) is 0 Å². The Morgan fingerprint density at radius 3 is 1.31 bits per heavy atom. The van der Waals surface area contributed by atoms with Gasteiger partial charge in [-0.3, -0.25) is 0 Å². The zero-order valence-electron chi connectivity index (χ0n) is 8.90. The number of thiol groups is 1. The van der Waals surface area contributed by atoms with Crippen LogP contribution in [0.5, 0.6) is 0 Å². The van der Waals surface area contributed by atoms with Crippen LogP contribution in [0.3, 0.4) is 0 Å². The summed E-state index contributed by atoms with van der Waals surface area (Å²) >= 11 is 8.67. The van der Waals surface area contributed by atoms with Gasteiger partial charge in [0.1, 0.15) is 0 Å². The van der Waals surface area contributed by atoms with Crippen molar-refractivity contribution in [2.24, 2.45) is 0 Å². The summed E-state index contributed by atoms with van der Waals surface area (Å²) in [6.07, 6.45) is 0.